The standard InChI is InChI=1S/C12H17N7O2/c1-4-5-13-12(20)16-8(7(2)3)11-17-10(19-21-11)9-14-6-15-18-9/h4,6-8H,1,5H2,2-3H3,(H2,13,16,20)(H,14,15,18). The maximum atomic E-state index is 11.7. The Labute approximate surface area is 121 Å². The molecule has 2 aromatic heterocycles. The maximum Gasteiger partial charge on any atom is 0.315 e. The molecule has 0 fully saturated rings. The number of H-pyrrole nitrogens is 1. The summed E-state index contributed by atoms with van der Waals surface area (Å²) < 4.78 is 5.21. The van der Waals surface area contributed by atoms with E-state index in [0.717, 1.165) is 0 Å². The van der Waals surface area contributed by atoms with Crippen LogP contribution in [0.1, 0.15) is 25.8 Å². The van der Waals surface area contributed by atoms with Gasteiger partial charge in [-0.1, -0.05) is 25.1 Å². The van der Waals surface area contributed by atoms with Crippen LogP contribution in [0.2, 0.25) is 0 Å². The molecule has 0 aliphatic rings. The van der Waals surface area contributed by atoms with Crippen LogP contribution in [0.25, 0.3) is 11.6 Å². The van der Waals surface area contributed by atoms with Gasteiger partial charge in [-0.15, -0.1) is 6.58 Å². The summed E-state index contributed by atoms with van der Waals surface area (Å²) in [6, 6.07) is -0.730. The number of amides is 2. The first-order valence-electron chi connectivity index (χ1n) is 6.46. The minimum absolute atomic E-state index is 0.0718. The summed E-state index contributed by atoms with van der Waals surface area (Å²) in [7, 11) is 0. The van der Waals surface area contributed by atoms with E-state index in [2.05, 4.69) is 42.5 Å². The van der Waals surface area contributed by atoms with Crippen molar-refractivity contribution < 1.29 is 9.32 Å². The molecule has 2 rings (SSSR count). The third kappa shape index (κ3) is 3.65. The molecular weight excluding hydrogens is 274 g/mol. The molecule has 0 aromatic carbocycles. The molecule has 9 nitrogen and oxygen atoms in total. The van der Waals surface area contributed by atoms with Gasteiger partial charge in [0, 0.05) is 6.54 Å². The van der Waals surface area contributed by atoms with E-state index in [9.17, 15) is 4.79 Å². The van der Waals surface area contributed by atoms with Gasteiger partial charge in [0.1, 0.15) is 12.4 Å². The Hall–Kier alpha value is -2.71. The Bertz CT molecular complexity index is 591. The van der Waals surface area contributed by atoms with Crippen LogP contribution in [-0.2, 0) is 0 Å². The minimum Gasteiger partial charge on any atom is -0.337 e. The molecule has 0 aliphatic carbocycles. The molecule has 3 N–H and O–H groups in total. The third-order valence-corrected chi connectivity index (χ3v) is 2.69. The van der Waals surface area contributed by atoms with E-state index in [0.29, 0.717) is 24.1 Å². The molecule has 0 spiro atoms. The fourth-order valence-electron chi connectivity index (χ4n) is 1.64. The number of aromatic nitrogens is 5. The van der Waals surface area contributed by atoms with E-state index in [1.54, 1.807) is 6.08 Å². The van der Waals surface area contributed by atoms with Crippen molar-refractivity contribution >= 4 is 6.03 Å². The minimum atomic E-state index is -0.404. The molecule has 0 bridgehead atoms. The predicted octanol–water partition coefficient (Wildman–Crippen LogP) is 1.04. The van der Waals surface area contributed by atoms with Crippen LogP contribution in [-0.4, -0.2) is 37.9 Å². The van der Waals surface area contributed by atoms with Crippen LogP contribution in [0.15, 0.2) is 23.5 Å². The van der Waals surface area contributed by atoms with Gasteiger partial charge in [0.15, 0.2) is 5.82 Å². The van der Waals surface area contributed by atoms with Crippen molar-refractivity contribution in [1.29, 1.82) is 0 Å². The Kier molecular flexibility index (Phi) is 4.64. The largest absolute Gasteiger partial charge is 0.337 e. The Morgan fingerprint density at radius 1 is 1.57 bits per heavy atom. The summed E-state index contributed by atoms with van der Waals surface area (Å²) in [4.78, 5) is 19.9. The fraction of sp³-hybridized carbons (Fsp3) is 0.417. The highest BCUT2D eigenvalue weighted by Crippen LogP contribution is 2.21. The molecule has 1 atom stereocenters. The first-order chi connectivity index (χ1) is 10.1. The molecule has 21 heavy (non-hydrogen) atoms. The summed E-state index contributed by atoms with van der Waals surface area (Å²) in [5.74, 6) is 1.08. The summed E-state index contributed by atoms with van der Waals surface area (Å²) in [5.41, 5.74) is 0. The molecule has 1 unspecified atom stereocenters. The molecule has 0 saturated carbocycles. The number of nitrogens with zero attached hydrogens (tertiary/aromatic N) is 4. The summed E-state index contributed by atoms with van der Waals surface area (Å²) >= 11 is 0. The first kappa shape index (κ1) is 14.7. The van der Waals surface area contributed by atoms with Gasteiger partial charge >= 0.3 is 6.03 Å². The van der Waals surface area contributed by atoms with E-state index in [1.807, 2.05) is 13.8 Å². The molecule has 0 saturated heterocycles. The Balaban J connectivity index is 2.11. The summed E-state index contributed by atoms with van der Waals surface area (Å²) in [6.45, 7) is 7.80. The van der Waals surface area contributed by atoms with Crippen molar-refractivity contribution in [1.82, 2.24) is 36.0 Å². The summed E-state index contributed by atoms with van der Waals surface area (Å²) in [5, 5.41) is 15.6. The van der Waals surface area contributed by atoms with Crippen LogP contribution >= 0.6 is 0 Å². The van der Waals surface area contributed by atoms with Crippen LogP contribution in [0.5, 0.6) is 0 Å². The second-order valence-electron chi connectivity index (χ2n) is 4.66. The number of carbonyl (C=O) groups is 1. The van der Waals surface area contributed by atoms with Crippen molar-refractivity contribution in [2.24, 2.45) is 5.92 Å². The lowest BCUT2D eigenvalue weighted by Gasteiger charge is -2.18. The molecule has 2 aromatic rings. The normalized spacial score (nSPS) is 12.1. The van der Waals surface area contributed by atoms with Gasteiger partial charge < -0.3 is 15.2 Å². The van der Waals surface area contributed by atoms with Crippen LogP contribution < -0.4 is 10.6 Å². The number of nitrogens with one attached hydrogen (secondary N) is 3. The molecule has 112 valence electrons. The van der Waals surface area contributed by atoms with Crippen LogP contribution in [0.4, 0.5) is 4.79 Å². The van der Waals surface area contributed by atoms with Crippen LogP contribution in [0, 0.1) is 5.92 Å². The molecule has 0 radical (unpaired) electrons. The number of urea groups is 1. The topological polar surface area (TPSA) is 122 Å². The second-order valence-corrected chi connectivity index (χ2v) is 4.66. The lowest BCUT2D eigenvalue weighted by molar-refractivity contribution is 0.226. The van der Waals surface area contributed by atoms with Gasteiger partial charge in [-0.25, -0.2) is 9.78 Å². The third-order valence-electron chi connectivity index (χ3n) is 2.69. The number of hydrogen-bond acceptors (Lipinski definition) is 6. The fourth-order valence-corrected chi connectivity index (χ4v) is 1.64. The van der Waals surface area contributed by atoms with Gasteiger partial charge in [0.2, 0.25) is 11.7 Å². The van der Waals surface area contributed by atoms with Gasteiger partial charge in [-0.05, 0) is 5.92 Å². The van der Waals surface area contributed by atoms with E-state index in [-0.39, 0.29) is 11.9 Å². The van der Waals surface area contributed by atoms with Gasteiger partial charge in [0.05, 0.1) is 0 Å². The highest BCUT2D eigenvalue weighted by atomic mass is 16.5. The number of carbonyl (C=O) groups excluding carboxylic acids is 1. The average Bonchev–Trinajstić information content (AvgIpc) is 3.12. The number of rotatable bonds is 6. The van der Waals surface area contributed by atoms with E-state index >= 15 is 0 Å². The second kappa shape index (κ2) is 6.64. The smallest absolute Gasteiger partial charge is 0.315 e. The molecule has 0 aliphatic heterocycles. The monoisotopic (exact) mass is 291 g/mol. The quantitative estimate of drug-likeness (QED) is 0.683. The Morgan fingerprint density at radius 2 is 2.38 bits per heavy atom. The average molecular weight is 291 g/mol. The van der Waals surface area contributed by atoms with Gasteiger partial charge in [0.25, 0.3) is 0 Å². The molecular formula is C12H17N7O2. The lowest BCUT2D eigenvalue weighted by Crippen LogP contribution is -2.39. The molecule has 2 heterocycles. The SMILES string of the molecule is C=CCNC(=O)NC(c1nc(-c2ncn[nH]2)no1)C(C)C. The van der Waals surface area contributed by atoms with Gasteiger partial charge in [-0.3, -0.25) is 5.10 Å². The zero-order valence-corrected chi connectivity index (χ0v) is 11.8. The van der Waals surface area contributed by atoms with Crippen molar-refractivity contribution in [2.75, 3.05) is 6.54 Å². The van der Waals surface area contributed by atoms with Crippen LogP contribution in [0.3, 0.4) is 0 Å². The Morgan fingerprint density at radius 3 is 3.00 bits per heavy atom. The highest BCUT2D eigenvalue weighted by Gasteiger charge is 2.25. The number of hydrogen-bond donors (Lipinski definition) is 3. The predicted molar refractivity (Wildman–Crippen MR) is 74.0 cm³/mol. The van der Waals surface area contributed by atoms with E-state index < -0.39 is 6.04 Å². The van der Waals surface area contributed by atoms with Crippen molar-refractivity contribution in [3.8, 4) is 11.6 Å². The van der Waals surface area contributed by atoms with Crippen molar-refractivity contribution in [3.63, 3.8) is 0 Å². The van der Waals surface area contributed by atoms with Crippen molar-refractivity contribution in [3.05, 3.63) is 24.9 Å². The van der Waals surface area contributed by atoms with Gasteiger partial charge in [-0.2, -0.15) is 10.1 Å². The summed E-state index contributed by atoms with van der Waals surface area (Å²) in [6.07, 6.45) is 2.95. The molecule has 9 heteroatoms. The zero-order chi connectivity index (χ0) is 15.2. The number of aromatic amines is 1. The lowest BCUT2D eigenvalue weighted by atomic mass is 10.0. The maximum absolute atomic E-state index is 11.7. The zero-order valence-electron chi connectivity index (χ0n) is 11.8. The highest BCUT2D eigenvalue weighted by molar-refractivity contribution is 5.74. The first-order valence-corrected chi connectivity index (χ1v) is 6.46. The van der Waals surface area contributed by atoms with E-state index in [4.69, 9.17) is 4.52 Å². The van der Waals surface area contributed by atoms with E-state index in [1.165, 1.54) is 6.33 Å². The molecule has 2 amide bonds. The van der Waals surface area contributed by atoms with Crippen molar-refractivity contribution in [2.45, 2.75) is 19.9 Å².